The van der Waals surface area contributed by atoms with E-state index in [0.29, 0.717) is 0 Å². The summed E-state index contributed by atoms with van der Waals surface area (Å²) in [6.07, 6.45) is 0. The van der Waals surface area contributed by atoms with Crippen LogP contribution in [0.15, 0.2) is 83.8 Å². The highest BCUT2D eigenvalue weighted by Gasteiger charge is 2.28. The molecule has 1 amide bonds. The molecule has 1 aliphatic heterocycles. The van der Waals surface area contributed by atoms with E-state index in [0.717, 1.165) is 54.3 Å². The van der Waals surface area contributed by atoms with Crippen LogP contribution in [0.4, 0.5) is 11.4 Å². The van der Waals surface area contributed by atoms with E-state index in [1.807, 2.05) is 24.3 Å². The molecule has 1 aliphatic rings. The van der Waals surface area contributed by atoms with Gasteiger partial charge in [-0.3, -0.25) is 24.1 Å². The van der Waals surface area contributed by atoms with Gasteiger partial charge < -0.3 is 10.1 Å². The smallest absolute Gasteiger partial charge is 0.271 e. The lowest BCUT2D eigenvalue weighted by Crippen LogP contribution is -2.40. The van der Waals surface area contributed by atoms with Crippen LogP contribution in [0.25, 0.3) is 0 Å². The van der Waals surface area contributed by atoms with Crippen molar-refractivity contribution in [2.75, 3.05) is 37.2 Å². The summed E-state index contributed by atoms with van der Waals surface area (Å²) < 4.78 is 33.0. The molecule has 0 radical (unpaired) electrons. The SMILES string of the molecule is O=C(CN(c1cccc([N+](=O)[O-])c1)S(=O)(=O)c1ccccc1)NCc1ccc(CN2CCOCC2)cc1. The number of nitrogens with one attached hydrogen (secondary N) is 1. The number of nitrogens with zero attached hydrogens (tertiary/aromatic N) is 3. The quantitative estimate of drug-likeness (QED) is 0.320. The van der Waals surface area contributed by atoms with Gasteiger partial charge in [-0.05, 0) is 29.3 Å². The van der Waals surface area contributed by atoms with Gasteiger partial charge in [-0.25, -0.2) is 8.42 Å². The van der Waals surface area contributed by atoms with Gasteiger partial charge in [0.05, 0.1) is 28.7 Å². The Labute approximate surface area is 215 Å². The molecular formula is C26H28N4O6S. The number of non-ortho nitro benzene ring substituents is 1. The van der Waals surface area contributed by atoms with Crippen molar-refractivity contribution in [1.29, 1.82) is 0 Å². The van der Waals surface area contributed by atoms with Crippen LogP contribution in [-0.2, 0) is 32.6 Å². The Morgan fingerprint density at radius 2 is 1.65 bits per heavy atom. The van der Waals surface area contributed by atoms with E-state index in [9.17, 15) is 23.3 Å². The molecule has 37 heavy (non-hydrogen) atoms. The largest absolute Gasteiger partial charge is 0.379 e. The zero-order chi connectivity index (χ0) is 26.3. The van der Waals surface area contributed by atoms with E-state index in [1.165, 1.54) is 30.3 Å². The first-order valence-electron chi connectivity index (χ1n) is 11.8. The maximum Gasteiger partial charge on any atom is 0.271 e. The van der Waals surface area contributed by atoms with E-state index in [1.54, 1.807) is 18.2 Å². The van der Waals surface area contributed by atoms with Crippen molar-refractivity contribution in [1.82, 2.24) is 10.2 Å². The van der Waals surface area contributed by atoms with Crippen LogP contribution >= 0.6 is 0 Å². The standard InChI is InChI=1S/C26H28N4O6S/c31-26(27-18-21-9-11-22(12-10-21)19-28-13-15-36-16-14-28)20-29(23-5-4-6-24(17-23)30(32)33)37(34,35)25-7-2-1-3-8-25/h1-12,17H,13-16,18-20H2,(H,27,31). The zero-order valence-corrected chi connectivity index (χ0v) is 21.0. The molecule has 0 bridgehead atoms. The molecule has 11 heteroatoms. The zero-order valence-electron chi connectivity index (χ0n) is 20.2. The maximum absolute atomic E-state index is 13.4. The second-order valence-electron chi connectivity index (χ2n) is 8.58. The number of morpholine rings is 1. The molecular weight excluding hydrogens is 496 g/mol. The minimum atomic E-state index is -4.16. The van der Waals surface area contributed by atoms with Crippen LogP contribution in [0, 0.1) is 10.1 Å². The van der Waals surface area contributed by atoms with E-state index in [-0.39, 0.29) is 22.8 Å². The molecule has 1 fully saturated rings. The highest BCUT2D eigenvalue weighted by molar-refractivity contribution is 7.92. The summed E-state index contributed by atoms with van der Waals surface area (Å²) in [5.41, 5.74) is 1.78. The van der Waals surface area contributed by atoms with Crippen LogP contribution < -0.4 is 9.62 Å². The van der Waals surface area contributed by atoms with Gasteiger partial charge in [0.25, 0.3) is 15.7 Å². The number of amides is 1. The Balaban J connectivity index is 1.45. The summed E-state index contributed by atoms with van der Waals surface area (Å²) in [5, 5.41) is 14.0. The van der Waals surface area contributed by atoms with Gasteiger partial charge in [0.1, 0.15) is 6.54 Å². The fraction of sp³-hybridized carbons (Fsp3) is 0.269. The minimum absolute atomic E-state index is 0.0230. The average molecular weight is 525 g/mol. The van der Waals surface area contributed by atoms with E-state index in [4.69, 9.17) is 4.74 Å². The van der Waals surface area contributed by atoms with Gasteiger partial charge in [-0.2, -0.15) is 0 Å². The number of anilines is 1. The van der Waals surface area contributed by atoms with E-state index in [2.05, 4.69) is 10.2 Å². The number of sulfonamides is 1. The van der Waals surface area contributed by atoms with Crippen LogP contribution in [0.1, 0.15) is 11.1 Å². The van der Waals surface area contributed by atoms with Crippen molar-refractivity contribution in [3.8, 4) is 0 Å². The fourth-order valence-corrected chi connectivity index (χ4v) is 5.40. The minimum Gasteiger partial charge on any atom is -0.379 e. The number of ether oxygens (including phenoxy) is 1. The fourth-order valence-electron chi connectivity index (χ4n) is 3.96. The van der Waals surface area contributed by atoms with Crippen molar-refractivity contribution < 1.29 is 22.9 Å². The van der Waals surface area contributed by atoms with Crippen molar-refractivity contribution in [3.05, 3.63) is 100 Å². The number of hydrogen-bond acceptors (Lipinski definition) is 7. The van der Waals surface area contributed by atoms with E-state index >= 15 is 0 Å². The van der Waals surface area contributed by atoms with Gasteiger partial charge >= 0.3 is 0 Å². The number of rotatable bonds is 10. The molecule has 0 aliphatic carbocycles. The highest BCUT2D eigenvalue weighted by Crippen LogP contribution is 2.26. The Hall–Kier alpha value is -3.80. The second kappa shape index (κ2) is 12.0. The summed E-state index contributed by atoms with van der Waals surface area (Å²) in [7, 11) is -4.16. The summed E-state index contributed by atoms with van der Waals surface area (Å²) in [6.45, 7) is 3.76. The van der Waals surface area contributed by atoms with Gasteiger partial charge in [0.2, 0.25) is 5.91 Å². The monoisotopic (exact) mass is 524 g/mol. The number of carbonyl (C=O) groups is 1. The summed E-state index contributed by atoms with van der Waals surface area (Å²) in [6, 6.07) is 20.7. The van der Waals surface area contributed by atoms with Gasteiger partial charge in [0.15, 0.2) is 0 Å². The second-order valence-corrected chi connectivity index (χ2v) is 10.4. The number of benzene rings is 3. The maximum atomic E-state index is 13.4. The molecule has 194 valence electrons. The molecule has 0 saturated carbocycles. The summed E-state index contributed by atoms with van der Waals surface area (Å²) in [5.74, 6) is -0.539. The molecule has 0 atom stereocenters. The number of carbonyl (C=O) groups excluding carboxylic acids is 1. The van der Waals surface area contributed by atoms with Crippen molar-refractivity contribution >= 4 is 27.3 Å². The molecule has 10 nitrogen and oxygen atoms in total. The molecule has 0 unspecified atom stereocenters. The van der Waals surface area contributed by atoms with E-state index < -0.39 is 27.4 Å². The molecule has 1 saturated heterocycles. The average Bonchev–Trinajstić information content (AvgIpc) is 2.92. The molecule has 1 N–H and O–H groups in total. The van der Waals surface area contributed by atoms with Crippen molar-refractivity contribution in [2.45, 2.75) is 18.0 Å². The Kier molecular flexibility index (Phi) is 8.49. The van der Waals surface area contributed by atoms with Crippen LogP contribution in [-0.4, -0.2) is 57.0 Å². The molecule has 3 aromatic rings. The molecule has 0 aromatic heterocycles. The topological polar surface area (TPSA) is 122 Å². The summed E-state index contributed by atoms with van der Waals surface area (Å²) >= 11 is 0. The van der Waals surface area contributed by atoms with Crippen LogP contribution in [0.3, 0.4) is 0 Å². The lowest BCUT2D eigenvalue weighted by atomic mass is 10.1. The first-order chi connectivity index (χ1) is 17.8. The van der Waals surface area contributed by atoms with Gasteiger partial charge in [-0.15, -0.1) is 0 Å². The first kappa shape index (κ1) is 26.3. The van der Waals surface area contributed by atoms with Gasteiger partial charge in [0, 0.05) is 38.3 Å². The Bertz CT molecular complexity index is 1330. The molecule has 4 rings (SSSR count). The van der Waals surface area contributed by atoms with Crippen LogP contribution in [0.5, 0.6) is 0 Å². The molecule has 3 aromatic carbocycles. The number of hydrogen-bond donors (Lipinski definition) is 1. The third-order valence-corrected chi connectivity index (χ3v) is 7.76. The third kappa shape index (κ3) is 6.91. The molecule has 0 spiro atoms. The number of nitro benzene ring substituents is 1. The Morgan fingerprint density at radius 3 is 2.32 bits per heavy atom. The predicted molar refractivity (Wildman–Crippen MR) is 138 cm³/mol. The first-order valence-corrected chi connectivity index (χ1v) is 13.2. The van der Waals surface area contributed by atoms with Crippen molar-refractivity contribution in [2.24, 2.45) is 0 Å². The van der Waals surface area contributed by atoms with Crippen molar-refractivity contribution in [3.63, 3.8) is 0 Å². The molecule has 1 heterocycles. The highest BCUT2D eigenvalue weighted by atomic mass is 32.2. The summed E-state index contributed by atoms with van der Waals surface area (Å²) in [4.78, 5) is 25.8. The van der Waals surface area contributed by atoms with Crippen LogP contribution in [0.2, 0.25) is 0 Å². The Morgan fingerprint density at radius 1 is 0.973 bits per heavy atom. The lowest BCUT2D eigenvalue weighted by molar-refractivity contribution is -0.384. The lowest BCUT2D eigenvalue weighted by Gasteiger charge is -2.26. The normalized spacial score (nSPS) is 14.2. The number of nitro groups is 1. The third-order valence-electron chi connectivity index (χ3n) is 5.97. The predicted octanol–water partition coefficient (Wildman–Crippen LogP) is 2.94. The van der Waals surface area contributed by atoms with Gasteiger partial charge in [-0.1, -0.05) is 48.5 Å².